The predicted octanol–water partition coefficient (Wildman–Crippen LogP) is 1.69. The number of benzene rings is 1. The van der Waals surface area contributed by atoms with Gasteiger partial charge in [-0.2, -0.15) is 0 Å². The monoisotopic (exact) mass is 310 g/mol. The van der Waals surface area contributed by atoms with Crippen LogP contribution in [0.5, 0.6) is 0 Å². The number of rotatable bonds is 3. The molecular formula is C14H19ClN4O2. The highest BCUT2D eigenvalue weighted by Crippen LogP contribution is 2.24. The van der Waals surface area contributed by atoms with Crippen molar-refractivity contribution in [1.29, 1.82) is 0 Å². The number of fused-ring (bicyclic) bond motifs is 1. The number of nitrogens with one attached hydrogen (secondary N) is 3. The number of methoxy groups -OCH3 is 1. The van der Waals surface area contributed by atoms with Crippen LogP contribution in [0, 0.1) is 0 Å². The average Bonchev–Trinajstić information content (AvgIpc) is 2.90. The van der Waals surface area contributed by atoms with E-state index in [1.807, 2.05) is 24.3 Å². The number of hydrogen-bond donors (Lipinski definition) is 3. The van der Waals surface area contributed by atoms with E-state index in [0.29, 0.717) is 18.8 Å². The molecule has 114 valence electrons. The number of anilines is 1. The van der Waals surface area contributed by atoms with Crippen LogP contribution >= 0.6 is 12.4 Å². The highest BCUT2D eigenvalue weighted by atomic mass is 35.5. The molecule has 1 aromatic heterocycles. The number of carbonyl (C=O) groups is 1. The Bertz CT molecular complexity index is 589. The summed E-state index contributed by atoms with van der Waals surface area (Å²) < 4.78 is 5.49. The molecule has 7 heteroatoms. The first kappa shape index (κ1) is 15.8. The smallest absolute Gasteiger partial charge is 0.259 e. The third-order valence-electron chi connectivity index (χ3n) is 3.84. The number of carbonyl (C=O) groups excluding carboxylic acids is 1. The second-order valence-electron chi connectivity index (χ2n) is 5.01. The first-order valence-corrected chi connectivity index (χ1v) is 6.76. The summed E-state index contributed by atoms with van der Waals surface area (Å²) in [6.45, 7) is 1.56. The SMILES string of the molecule is COC1(C(=O)Nc2nc3ccccc3[nH]2)CCNCC1.Cl. The molecule has 0 bridgehead atoms. The van der Waals surface area contributed by atoms with Gasteiger partial charge in [0.15, 0.2) is 0 Å². The predicted molar refractivity (Wildman–Crippen MR) is 83.8 cm³/mol. The molecule has 2 aromatic rings. The highest BCUT2D eigenvalue weighted by molar-refractivity contribution is 5.97. The molecule has 0 atom stereocenters. The van der Waals surface area contributed by atoms with E-state index in [-0.39, 0.29) is 18.3 Å². The van der Waals surface area contributed by atoms with Crippen LogP contribution in [-0.2, 0) is 9.53 Å². The molecular weight excluding hydrogens is 292 g/mol. The number of H-pyrrole nitrogens is 1. The van der Waals surface area contributed by atoms with Crippen LogP contribution in [0.15, 0.2) is 24.3 Å². The lowest BCUT2D eigenvalue weighted by molar-refractivity contribution is -0.140. The van der Waals surface area contributed by atoms with Crippen molar-refractivity contribution in [3.63, 3.8) is 0 Å². The Morgan fingerprint density at radius 3 is 2.71 bits per heavy atom. The molecule has 1 aliphatic heterocycles. The second kappa shape index (κ2) is 6.43. The normalized spacial score (nSPS) is 17.2. The number of imidazole rings is 1. The summed E-state index contributed by atoms with van der Waals surface area (Å²) in [5.41, 5.74) is 0.976. The fourth-order valence-electron chi connectivity index (χ4n) is 2.59. The molecule has 0 saturated carbocycles. The maximum absolute atomic E-state index is 12.5. The van der Waals surface area contributed by atoms with Crippen LogP contribution in [0.3, 0.4) is 0 Å². The van der Waals surface area contributed by atoms with E-state index in [2.05, 4.69) is 20.6 Å². The molecule has 1 amide bonds. The molecule has 6 nitrogen and oxygen atoms in total. The number of amides is 1. The summed E-state index contributed by atoms with van der Waals surface area (Å²) in [4.78, 5) is 19.9. The van der Waals surface area contributed by atoms with Gasteiger partial charge in [0.1, 0.15) is 5.60 Å². The minimum absolute atomic E-state index is 0. The molecule has 1 fully saturated rings. The van der Waals surface area contributed by atoms with Gasteiger partial charge in [0.05, 0.1) is 11.0 Å². The van der Waals surface area contributed by atoms with Gasteiger partial charge in [0.25, 0.3) is 5.91 Å². The van der Waals surface area contributed by atoms with Crippen molar-refractivity contribution in [2.45, 2.75) is 18.4 Å². The molecule has 1 aromatic carbocycles. The Morgan fingerprint density at radius 2 is 2.05 bits per heavy atom. The van der Waals surface area contributed by atoms with Crippen LogP contribution in [-0.4, -0.2) is 41.7 Å². The molecule has 21 heavy (non-hydrogen) atoms. The van der Waals surface area contributed by atoms with Crippen molar-refractivity contribution in [2.24, 2.45) is 0 Å². The van der Waals surface area contributed by atoms with E-state index >= 15 is 0 Å². The van der Waals surface area contributed by atoms with Gasteiger partial charge < -0.3 is 15.0 Å². The zero-order valence-electron chi connectivity index (χ0n) is 11.8. The number of para-hydroxylation sites is 2. The largest absolute Gasteiger partial charge is 0.368 e. The number of aromatic amines is 1. The molecule has 0 spiro atoms. The van der Waals surface area contributed by atoms with Gasteiger partial charge in [-0.1, -0.05) is 12.1 Å². The Labute approximate surface area is 129 Å². The standard InChI is InChI=1S/C14H18N4O2.ClH/c1-20-14(6-8-15-9-7-14)12(19)18-13-16-10-4-2-3-5-11(10)17-13;/h2-5,15H,6-9H2,1H3,(H2,16,17,18,19);1H. The highest BCUT2D eigenvalue weighted by Gasteiger charge is 2.40. The molecule has 0 radical (unpaired) electrons. The van der Waals surface area contributed by atoms with Crippen molar-refractivity contribution < 1.29 is 9.53 Å². The van der Waals surface area contributed by atoms with Crippen LogP contribution < -0.4 is 10.6 Å². The topological polar surface area (TPSA) is 79.0 Å². The summed E-state index contributed by atoms with van der Waals surface area (Å²) in [6.07, 6.45) is 1.32. The summed E-state index contributed by atoms with van der Waals surface area (Å²) in [5, 5.41) is 6.07. The average molecular weight is 311 g/mol. The molecule has 0 unspecified atom stereocenters. The number of nitrogens with zero attached hydrogens (tertiary/aromatic N) is 1. The zero-order valence-corrected chi connectivity index (χ0v) is 12.6. The fourth-order valence-corrected chi connectivity index (χ4v) is 2.59. The van der Waals surface area contributed by atoms with Crippen molar-refractivity contribution in [3.8, 4) is 0 Å². The zero-order chi connectivity index (χ0) is 14.0. The van der Waals surface area contributed by atoms with Crippen LogP contribution in [0.2, 0.25) is 0 Å². The Morgan fingerprint density at radius 1 is 1.33 bits per heavy atom. The lowest BCUT2D eigenvalue weighted by Gasteiger charge is -2.34. The number of piperidine rings is 1. The third-order valence-corrected chi connectivity index (χ3v) is 3.84. The third kappa shape index (κ3) is 3.02. The minimum atomic E-state index is -0.760. The molecule has 2 heterocycles. The summed E-state index contributed by atoms with van der Waals surface area (Å²) >= 11 is 0. The number of hydrogen-bond acceptors (Lipinski definition) is 4. The summed E-state index contributed by atoms with van der Waals surface area (Å²) in [7, 11) is 1.59. The second-order valence-corrected chi connectivity index (χ2v) is 5.01. The van der Waals surface area contributed by atoms with Crippen LogP contribution in [0.1, 0.15) is 12.8 Å². The quantitative estimate of drug-likeness (QED) is 0.806. The van der Waals surface area contributed by atoms with E-state index in [1.54, 1.807) is 7.11 Å². The van der Waals surface area contributed by atoms with E-state index in [0.717, 1.165) is 24.1 Å². The van der Waals surface area contributed by atoms with Gasteiger partial charge in [-0.15, -0.1) is 12.4 Å². The Kier molecular flexibility index (Phi) is 4.82. The van der Waals surface area contributed by atoms with Gasteiger partial charge in [-0.05, 0) is 38.1 Å². The summed E-state index contributed by atoms with van der Waals surface area (Å²) in [6, 6.07) is 7.67. The van der Waals surface area contributed by atoms with E-state index in [4.69, 9.17) is 4.74 Å². The number of halogens is 1. The Hall–Kier alpha value is -1.63. The fraction of sp³-hybridized carbons (Fsp3) is 0.429. The van der Waals surface area contributed by atoms with Crippen molar-refractivity contribution in [2.75, 3.05) is 25.5 Å². The molecule has 1 aliphatic rings. The number of ether oxygens (including phenoxy) is 1. The van der Waals surface area contributed by atoms with Gasteiger partial charge >= 0.3 is 0 Å². The van der Waals surface area contributed by atoms with E-state index < -0.39 is 5.60 Å². The molecule has 1 saturated heterocycles. The lowest BCUT2D eigenvalue weighted by atomic mass is 9.91. The van der Waals surface area contributed by atoms with Crippen LogP contribution in [0.25, 0.3) is 11.0 Å². The Balaban J connectivity index is 0.00000161. The van der Waals surface area contributed by atoms with Crippen molar-refractivity contribution in [1.82, 2.24) is 15.3 Å². The van der Waals surface area contributed by atoms with Gasteiger partial charge in [0.2, 0.25) is 5.95 Å². The van der Waals surface area contributed by atoms with E-state index in [9.17, 15) is 4.79 Å². The molecule has 3 N–H and O–H groups in total. The molecule has 0 aliphatic carbocycles. The van der Waals surface area contributed by atoms with Gasteiger partial charge in [-0.25, -0.2) is 4.98 Å². The minimum Gasteiger partial charge on any atom is -0.368 e. The van der Waals surface area contributed by atoms with Crippen molar-refractivity contribution in [3.05, 3.63) is 24.3 Å². The first-order valence-electron chi connectivity index (χ1n) is 6.76. The maximum Gasteiger partial charge on any atom is 0.259 e. The van der Waals surface area contributed by atoms with E-state index in [1.165, 1.54) is 0 Å². The van der Waals surface area contributed by atoms with Gasteiger partial charge in [-0.3, -0.25) is 10.1 Å². The lowest BCUT2D eigenvalue weighted by Crippen LogP contribution is -2.51. The first-order chi connectivity index (χ1) is 9.73. The van der Waals surface area contributed by atoms with Crippen molar-refractivity contribution >= 4 is 35.3 Å². The van der Waals surface area contributed by atoms with Crippen LogP contribution in [0.4, 0.5) is 5.95 Å². The summed E-state index contributed by atoms with van der Waals surface area (Å²) in [5.74, 6) is 0.326. The maximum atomic E-state index is 12.5. The number of aromatic nitrogens is 2. The van der Waals surface area contributed by atoms with Gasteiger partial charge in [0, 0.05) is 7.11 Å². The molecule has 3 rings (SSSR count).